The number of oxime groups is 1. The van der Waals surface area contributed by atoms with Crippen LogP contribution in [-0.2, 0) is 4.84 Å². The third kappa shape index (κ3) is 3.77. The minimum Gasteiger partial charge on any atom is -0.474 e. The van der Waals surface area contributed by atoms with Crippen molar-refractivity contribution in [2.45, 2.75) is 13.0 Å². The highest BCUT2D eigenvalue weighted by Gasteiger charge is 2.23. The first-order chi connectivity index (χ1) is 13.2. The normalized spacial score (nSPS) is 12.5. The summed E-state index contributed by atoms with van der Waals surface area (Å²) in [5.41, 5.74) is 2.36. The van der Waals surface area contributed by atoms with Crippen molar-refractivity contribution in [3.63, 3.8) is 0 Å². The van der Waals surface area contributed by atoms with Crippen LogP contribution in [0.5, 0.6) is 5.75 Å². The lowest BCUT2D eigenvalue weighted by atomic mass is 10.1. The lowest BCUT2D eigenvalue weighted by Crippen LogP contribution is -2.12. The Hall–Kier alpha value is -3.33. The van der Waals surface area contributed by atoms with Gasteiger partial charge in [0.25, 0.3) is 5.89 Å². The van der Waals surface area contributed by atoms with Crippen LogP contribution in [0, 0.1) is 6.92 Å². The fourth-order valence-corrected chi connectivity index (χ4v) is 3.42. The standard InChI is InChI=1S/C18H15N5O3S/c1-11-22-14-4-3-13(8-16(14)27-11)26-17(18-23-20-10-25-18)15-7-12(5-6-19-15)9-21-24-2/h3-10,17H,1-2H3/b21-9+. The van der Waals surface area contributed by atoms with Crippen LogP contribution in [-0.4, -0.2) is 33.5 Å². The van der Waals surface area contributed by atoms with E-state index in [1.807, 2.05) is 37.3 Å². The van der Waals surface area contributed by atoms with Crippen molar-refractivity contribution in [3.8, 4) is 5.75 Å². The number of aryl methyl sites for hydroxylation is 1. The number of benzene rings is 1. The van der Waals surface area contributed by atoms with Crippen molar-refractivity contribution in [2.24, 2.45) is 5.16 Å². The number of nitrogens with zero attached hydrogens (tertiary/aromatic N) is 5. The van der Waals surface area contributed by atoms with Gasteiger partial charge in [-0.25, -0.2) is 4.98 Å². The van der Waals surface area contributed by atoms with E-state index in [1.54, 1.807) is 23.7 Å². The number of rotatable bonds is 6. The van der Waals surface area contributed by atoms with Gasteiger partial charge in [-0.05, 0) is 42.8 Å². The Balaban J connectivity index is 1.70. The minimum absolute atomic E-state index is 0.309. The average molecular weight is 381 g/mol. The summed E-state index contributed by atoms with van der Waals surface area (Å²) in [6.07, 6.45) is 3.85. The molecule has 0 aliphatic carbocycles. The molecule has 0 aliphatic heterocycles. The van der Waals surface area contributed by atoms with Crippen molar-refractivity contribution < 1.29 is 14.0 Å². The number of pyridine rings is 1. The quantitative estimate of drug-likeness (QED) is 0.372. The molecule has 0 bridgehead atoms. The zero-order valence-electron chi connectivity index (χ0n) is 14.6. The smallest absolute Gasteiger partial charge is 0.263 e. The van der Waals surface area contributed by atoms with E-state index in [0.29, 0.717) is 17.3 Å². The molecule has 0 N–H and O–H groups in total. The second kappa shape index (κ2) is 7.50. The Morgan fingerprint density at radius 2 is 2.19 bits per heavy atom. The van der Waals surface area contributed by atoms with Crippen LogP contribution < -0.4 is 4.74 Å². The predicted octanol–water partition coefficient (Wildman–Crippen LogP) is 3.53. The van der Waals surface area contributed by atoms with Gasteiger partial charge in [-0.3, -0.25) is 4.98 Å². The van der Waals surface area contributed by atoms with E-state index in [2.05, 4.69) is 25.3 Å². The van der Waals surface area contributed by atoms with Gasteiger partial charge in [-0.15, -0.1) is 21.5 Å². The number of ether oxygens (including phenoxy) is 1. The van der Waals surface area contributed by atoms with Crippen LogP contribution in [0.3, 0.4) is 0 Å². The van der Waals surface area contributed by atoms with Gasteiger partial charge in [0.15, 0.2) is 0 Å². The summed E-state index contributed by atoms with van der Waals surface area (Å²) in [5.74, 6) is 0.969. The molecule has 0 saturated carbocycles. The van der Waals surface area contributed by atoms with Gasteiger partial charge in [-0.1, -0.05) is 5.16 Å². The molecule has 9 heteroatoms. The van der Waals surface area contributed by atoms with Gasteiger partial charge in [0.05, 0.1) is 27.1 Å². The van der Waals surface area contributed by atoms with E-state index in [0.717, 1.165) is 20.8 Å². The fourth-order valence-electron chi connectivity index (χ4n) is 2.57. The highest BCUT2D eigenvalue weighted by molar-refractivity contribution is 7.18. The number of hydrogen-bond donors (Lipinski definition) is 0. The van der Waals surface area contributed by atoms with Crippen molar-refractivity contribution in [3.05, 3.63) is 65.1 Å². The topological polar surface area (TPSA) is 95.5 Å². The van der Waals surface area contributed by atoms with Crippen molar-refractivity contribution >= 4 is 27.8 Å². The predicted molar refractivity (Wildman–Crippen MR) is 100.0 cm³/mol. The van der Waals surface area contributed by atoms with Crippen LogP contribution in [0.25, 0.3) is 10.2 Å². The number of hydrogen-bond acceptors (Lipinski definition) is 9. The molecule has 0 spiro atoms. The second-order valence-corrected chi connectivity index (χ2v) is 6.80. The second-order valence-electron chi connectivity index (χ2n) is 5.57. The lowest BCUT2D eigenvalue weighted by Gasteiger charge is -2.15. The summed E-state index contributed by atoms with van der Waals surface area (Å²) >= 11 is 1.61. The monoisotopic (exact) mass is 381 g/mol. The molecule has 0 saturated heterocycles. The first-order valence-corrected chi connectivity index (χ1v) is 8.87. The Morgan fingerprint density at radius 3 is 3.00 bits per heavy atom. The molecule has 1 aromatic carbocycles. The Labute approximate surface area is 158 Å². The molecule has 27 heavy (non-hydrogen) atoms. The average Bonchev–Trinajstić information content (AvgIpc) is 3.33. The van der Waals surface area contributed by atoms with Gasteiger partial charge in [0, 0.05) is 6.20 Å². The molecule has 0 fully saturated rings. The first kappa shape index (κ1) is 17.1. The molecule has 1 atom stereocenters. The number of aromatic nitrogens is 4. The van der Waals surface area contributed by atoms with Gasteiger partial charge < -0.3 is 14.0 Å². The number of thiazole rings is 1. The summed E-state index contributed by atoms with van der Waals surface area (Å²) in [6.45, 7) is 1.98. The first-order valence-electron chi connectivity index (χ1n) is 8.05. The van der Waals surface area contributed by atoms with E-state index >= 15 is 0 Å². The minimum atomic E-state index is -0.658. The summed E-state index contributed by atoms with van der Waals surface area (Å²) in [4.78, 5) is 13.6. The third-order valence-corrected chi connectivity index (χ3v) is 4.64. The van der Waals surface area contributed by atoms with Crippen LogP contribution in [0.2, 0.25) is 0 Å². The Morgan fingerprint density at radius 1 is 1.26 bits per heavy atom. The van der Waals surface area contributed by atoms with E-state index in [9.17, 15) is 0 Å². The van der Waals surface area contributed by atoms with E-state index in [-0.39, 0.29) is 0 Å². The van der Waals surface area contributed by atoms with Crippen molar-refractivity contribution in [1.29, 1.82) is 0 Å². The van der Waals surface area contributed by atoms with E-state index in [1.165, 1.54) is 13.5 Å². The molecule has 0 aliphatic rings. The van der Waals surface area contributed by atoms with Crippen LogP contribution >= 0.6 is 11.3 Å². The van der Waals surface area contributed by atoms with Gasteiger partial charge >= 0.3 is 0 Å². The highest BCUT2D eigenvalue weighted by Crippen LogP contribution is 2.30. The maximum Gasteiger partial charge on any atom is 0.263 e. The zero-order valence-corrected chi connectivity index (χ0v) is 15.4. The molecule has 4 rings (SSSR count). The highest BCUT2D eigenvalue weighted by atomic mass is 32.1. The van der Waals surface area contributed by atoms with Gasteiger partial charge in [0.2, 0.25) is 12.5 Å². The largest absolute Gasteiger partial charge is 0.474 e. The number of fused-ring (bicyclic) bond motifs is 1. The summed E-state index contributed by atoms with van der Waals surface area (Å²) < 4.78 is 12.6. The zero-order chi connectivity index (χ0) is 18.6. The summed E-state index contributed by atoms with van der Waals surface area (Å²) in [5, 5.41) is 12.5. The summed E-state index contributed by atoms with van der Waals surface area (Å²) in [6, 6.07) is 9.37. The van der Waals surface area contributed by atoms with E-state index in [4.69, 9.17) is 14.0 Å². The van der Waals surface area contributed by atoms with Crippen molar-refractivity contribution in [1.82, 2.24) is 20.2 Å². The molecule has 1 unspecified atom stereocenters. The molecule has 3 heterocycles. The fraction of sp³-hybridized carbons (Fsp3) is 0.167. The Bertz CT molecular complexity index is 1080. The van der Waals surface area contributed by atoms with Crippen molar-refractivity contribution in [2.75, 3.05) is 7.11 Å². The van der Waals surface area contributed by atoms with Crippen LogP contribution in [0.15, 0.2) is 52.5 Å². The van der Waals surface area contributed by atoms with Gasteiger partial charge in [0.1, 0.15) is 12.9 Å². The summed E-state index contributed by atoms with van der Waals surface area (Å²) in [7, 11) is 1.49. The molecular weight excluding hydrogens is 366 g/mol. The van der Waals surface area contributed by atoms with Crippen LogP contribution in [0.4, 0.5) is 0 Å². The van der Waals surface area contributed by atoms with E-state index < -0.39 is 6.10 Å². The Kier molecular flexibility index (Phi) is 4.75. The maximum atomic E-state index is 6.17. The molecule has 136 valence electrons. The SMILES string of the molecule is CO/N=C/c1ccnc(C(Oc2ccc3nc(C)sc3c2)c2nnco2)c1. The molecule has 0 radical (unpaired) electrons. The lowest BCUT2D eigenvalue weighted by molar-refractivity contribution is 0.203. The maximum absolute atomic E-state index is 6.17. The molecule has 0 amide bonds. The third-order valence-electron chi connectivity index (χ3n) is 3.70. The molecule has 8 nitrogen and oxygen atoms in total. The molecule has 4 aromatic rings. The molecular formula is C18H15N5O3S. The molecule has 3 aromatic heterocycles. The van der Waals surface area contributed by atoms with Crippen LogP contribution in [0.1, 0.15) is 28.3 Å². The van der Waals surface area contributed by atoms with Gasteiger partial charge in [-0.2, -0.15) is 0 Å².